The van der Waals surface area contributed by atoms with Gasteiger partial charge in [0.2, 0.25) is 11.7 Å². The predicted octanol–water partition coefficient (Wildman–Crippen LogP) is 3.58. The molecule has 6 rings (SSSR count). The number of ether oxygens (including phenoxy) is 1. The summed E-state index contributed by atoms with van der Waals surface area (Å²) in [5, 5.41) is 18.1. The third-order valence-corrected chi connectivity index (χ3v) is 6.38. The fourth-order valence-corrected chi connectivity index (χ4v) is 5.05. The molecule has 1 aromatic carbocycles. The third kappa shape index (κ3) is 3.12. The summed E-state index contributed by atoms with van der Waals surface area (Å²) in [6.07, 6.45) is 4.43. The van der Waals surface area contributed by atoms with Crippen molar-refractivity contribution < 1.29 is 22.8 Å². The van der Waals surface area contributed by atoms with Crippen LogP contribution in [0.15, 0.2) is 33.9 Å². The van der Waals surface area contributed by atoms with Crippen molar-refractivity contribution in [3.8, 4) is 11.9 Å². The minimum absolute atomic E-state index is 0.0835. The van der Waals surface area contributed by atoms with E-state index in [0.29, 0.717) is 25.0 Å². The molecule has 30 heavy (non-hydrogen) atoms. The minimum Gasteiger partial charge on any atom is -0.475 e. The van der Waals surface area contributed by atoms with Gasteiger partial charge in [-0.25, -0.2) is 13.8 Å². The van der Waals surface area contributed by atoms with Crippen LogP contribution in [0.3, 0.4) is 0 Å². The van der Waals surface area contributed by atoms with E-state index >= 15 is 0 Å². The number of amides is 1. The van der Waals surface area contributed by atoms with Crippen LogP contribution < -0.4 is 4.74 Å². The van der Waals surface area contributed by atoms with E-state index in [4.69, 9.17) is 14.5 Å². The fraction of sp³-hybridized carbons (Fsp3) is 0.429. The third-order valence-electron chi connectivity index (χ3n) is 6.38. The molecular weight excluding hydrogens is 394 g/mol. The molecule has 0 N–H and O–H groups in total. The number of benzene rings is 1. The fourth-order valence-electron chi connectivity index (χ4n) is 5.05. The van der Waals surface area contributed by atoms with Crippen LogP contribution in [-0.2, 0) is 4.79 Å². The van der Waals surface area contributed by atoms with Crippen molar-refractivity contribution in [2.45, 2.75) is 31.7 Å². The quantitative estimate of drug-likeness (QED) is 0.749. The molecule has 0 radical (unpaired) electrons. The van der Waals surface area contributed by atoms with E-state index in [0.717, 1.165) is 18.9 Å². The number of carbonyl (C=O) groups is 1. The summed E-state index contributed by atoms with van der Waals surface area (Å²) in [5.41, 5.74) is 0.293. The highest BCUT2D eigenvalue weighted by Crippen LogP contribution is 2.62. The molecule has 3 fully saturated rings. The molecule has 1 aliphatic heterocycles. The number of hydrogen-bond donors (Lipinski definition) is 0. The van der Waals surface area contributed by atoms with Crippen LogP contribution in [0, 0.1) is 40.2 Å². The molecule has 9 heteroatoms. The van der Waals surface area contributed by atoms with E-state index in [-0.39, 0.29) is 34.8 Å². The summed E-state index contributed by atoms with van der Waals surface area (Å²) < 4.78 is 37.8. The van der Waals surface area contributed by atoms with Crippen molar-refractivity contribution in [2.75, 3.05) is 6.61 Å². The van der Waals surface area contributed by atoms with E-state index in [1.807, 2.05) is 6.07 Å². The van der Waals surface area contributed by atoms with Crippen LogP contribution in [0.4, 0.5) is 8.78 Å². The number of carbonyl (C=O) groups excluding carboxylic acids is 1. The van der Waals surface area contributed by atoms with E-state index in [9.17, 15) is 13.6 Å². The van der Waals surface area contributed by atoms with Gasteiger partial charge in [0.1, 0.15) is 17.7 Å². The Morgan fingerprint density at radius 1 is 1.27 bits per heavy atom. The van der Waals surface area contributed by atoms with Gasteiger partial charge in [0.05, 0.1) is 18.7 Å². The molecule has 2 bridgehead atoms. The normalized spacial score (nSPS) is 29.0. The molecule has 1 amide bonds. The van der Waals surface area contributed by atoms with Gasteiger partial charge >= 0.3 is 0 Å². The Morgan fingerprint density at radius 2 is 2.03 bits per heavy atom. The highest BCUT2D eigenvalue weighted by atomic mass is 19.1. The molecule has 1 aromatic heterocycles. The summed E-state index contributed by atoms with van der Waals surface area (Å²) >= 11 is 0. The van der Waals surface area contributed by atoms with Crippen molar-refractivity contribution in [3.63, 3.8) is 0 Å². The van der Waals surface area contributed by atoms with Crippen molar-refractivity contribution in [3.05, 3.63) is 47.2 Å². The Kier molecular flexibility index (Phi) is 4.31. The molecule has 2 aromatic rings. The van der Waals surface area contributed by atoms with Gasteiger partial charge in [0.15, 0.2) is 0 Å². The maximum Gasteiger partial charge on any atom is 0.255 e. The molecule has 2 heterocycles. The maximum atomic E-state index is 13.7. The maximum absolute atomic E-state index is 13.7. The number of hydrogen-bond acceptors (Lipinski definition) is 6. The van der Waals surface area contributed by atoms with Gasteiger partial charge in [-0.15, -0.1) is 0 Å². The second-order valence-corrected chi connectivity index (χ2v) is 8.34. The van der Waals surface area contributed by atoms with Crippen molar-refractivity contribution in [1.29, 1.82) is 5.26 Å². The van der Waals surface area contributed by atoms with E-state index in [2.05, 4.69) is 10.3 Å². The molecule has 4 aliphatic rings. The zero-order valence-corrected chi connectivity index (χ0v) is 15.9. The van der Waals surface area contributed by atoms with Crippen LogP contribution in [0.2, 0.25) is 0 Å². The molecule has 154 valence electrons. The molecule has 7 nitrogen and oxygen atoms in total. The highest BCUT2D eigenvalue weighted by molar-refractivity contribution is 5.83. The Morgan fingerprint density at radius 3 is 2.73 bits per heavy atom. The largest absolute Gasteiger partial charge is 0.475 e. The monoisotopic (exact) mass is 412 g/mol. The smallest absolute Gasteiger partial charge is 0.255 e. The first-order valence-corrected chi connectivity index (χ1v) is 9.77. The van der Waals surface area contributed by atoms with Crippen LogP contribution in [0.1, 0.15) is 43.0 Å². The lowest BCUT2D eigenvalue weighted by Crippen LogP contribution is -2.36. The van der Waals surface area contributed by atoms with E-state index < -0.39 is 17.7 Å². The number of halogens is 2. The SMILES string of the molecule is N#Cc1cc(OCC23CC(C2)[C@@H](C(=O)N2N=CCC2c2cc(F)cc(F)c2)C3)no1. The molecule has 0 saturated heterocycles. The van der Waals surface area contributed by atoms with Crippen LogP contribution >= 0.6 is 0 Å². The Labute approximate surface area is 170 Å². The Balaban J connectivity index is 1.26. The van der Waals surface area contributed by atoms with E-state index in [1.54, 1.807) is 6.21 Å². The molecule has 3 saturated carbocycles. The van der Waals surface area contributed by atoms with Gasteiger partial charge in [-0.1, -0.05) is 0 Å². The van der Waals surface area contributed by atoms with Gasteiger partial charge in [-0.05, 0) is 48.0 Å². The second kappa shape index (κ2) is 6.90. The Bertz CT molecular complexity index is 1050. The zero-order chi connectivity index (χ0) is 20.9. The average Bonchev–Trinajstić information content (AvgIpc) is 3.46. The average molecular weight is 412 g/mol. The lowest BCUT2D eigenvalue weighted by Gasteiger charge is -2.37. The molecule has 0 spiro atoms. The number of fused-ring (bicyclic) bond motifs is 1. The summed E-state index contributed by atoms with van der Waals surface area (Å²) in [6.45, 7) is 0.395. The standard InChI is InChI=1S/C21H18F2N4O3/c22-14-3-12(4-15(23)5-14)18-1-2-25-27(18)20(28)17-9-21(7-13(17)8-21)11-29-19-6-16(10-24)30-26-19/h2-6,13,17-18H,1,7-9,11H2/t13?,17-,18?,21?/m0/s1. The number of aromatic nitrogens is 1. The van der Waals surface area contributed by atoms with Gasteiger partial charge < -0.3 is 9.26 Å². The summed E-state index contributed by atoms with van der Waals surface area (Å²) in [7, 11) is 0. The van der Waals surface area contributed by atoms with E-state index in [1.165, 1.54) is 23.2 Å². The van der Waals surface area contributed by atoms with Crippen LogP contribution in [-0.4, -0.2) is 28.9 Å². The van der Waals surface area contributed by atoms with Crippen molar-refractivity contribution >= 4 is 12.1 Å². The lowest BCUT2D eigenvalue weighted by molar-refractivity contribution is -0.138. The van der Waals surface area contributed by atoms with Crippen LogP contribution in [0.25, 0.3) is 0 Å². The van der Waals surface area contributed by atoms with Gasteiger partial charge in [-0.2, -0.15) is 10.4 Å². The van der Waals surface area contributed by atoms with Crippen LogP contribution in [0.5, 0.6) is 5.88 Å². The van der Waals surface area contributed by atoms with Gasteiger partial charge in [0.25, 0.3) is 5.88 Å². The number of nitrogens with zero attached hydrogens (tertiary/aromatic N) is 4. The lowest BCUT2D eigenvalue weighted by atomic mass is 9.70. The molecule has 2 atom stereocenters. The topological polar surface area (TPSA) is 91.7 Å². The van der Waals surface area contributed by atoms with Crippen molar-refractivity contribution in [2.24, 2.45) is 22.4 Å². The molecular formula is C21H18F2N4O3. The Hall–Kier alpha value is -3.28. The molecule has 1 unspecified atom stereocenters. The van der Waals surface area contributed by atoms with Gasteiger partial charge in [0, 0.05) is 30.0 Å². The summed E-state index contributed by atoms with van der Waals surface area (Å²) in [5.74, 6) is -1.06. The predicted molar refractivity (Wildman–Crippen MR) is 99.0 cm³/mol. The second-order valence-electron chi connectivity index (χ2n) is 8.34. The number of hydrazone groups is 1. The summed E-state index contributed by atoms with van der Waals surface area (Å²) in [6, 6.07) is 6.11. The van der Waals surface area contributed by atoms with Crippen molar-refractivity contribution in [1.82, 2.24) is 10.2 Å². The van der Waals surface area contributed by atoms with Gasteiger partial charge in [-0.3, -0.25) is 4.79 Å². The highest BCUT2D eigenvalue weighted by Gasteiger charge is 2.59. The zero-order valence-electron chi connectivity index (χ0n) is 15.9. The first-order valence-electron chi connectivity index (χ1n) is 9.77. The number of nitriles is 1. The first kappa shape index (κ1) is 18.7. The minimum atomic E-state index is -0.670. The first-order chi connectivity index (χ1) is 14.5. The molecule has 3 aliphatic carbocycles. The summed E-state index contributed by atoms with van der Waals surface area (Å²) in [4.78, 5) is 13.2. The number of rotatable bonds is 5.